The second-order valence-electron chi connectivity index (χ2n) is 11.8. The molecule has 4 heterocycles. The Morgan fingerprint density at radius 3 is 0.739 bits per heavy atom. The third-order valence-corrected chi connectivity index (χ3v) is 9.46. The number of hydrogen-bond acceptors (Lipinski definition) is 5. The van der Waals surface area contributed by atoms with Crippen molar-refractivity contribution < 1.29 is 12.7 Å². The predicted octanol–water partition coefficient (Wildman–Crippen LogP) is 11.2. The van der Waals surface area contributed by atoms with Gasteiger partial charge in [0, 0.05) is 51.2 Å². The van der Waals surface area contributed by atoms with Gasteiger partial charge in [-0.1, -0.05) is 24.3 Å². The van der Waals surface area contributed by atoms with Gasteiger partial charge >= 0.3 is 33.0 Å². The predicted molar refractivity (Wildman–Crippen MR) is 194 cm³/mol. The van der Waals surface area contributed by atoms with E-state index in [1.807, 2.05) is 0 Å². The van der Waals surface area contributed by atoms with Crippen LogP contribution in [0.5, 0.6) is 0 Å². The van der Waals surface area contributed by atoms with Gasteiger partial charge in [0.25, 0.3) is 0 Å². The Balaban J connectivity index is 0.000000214. The van der Waals surface area contributed by atoms with Crippen LogP contribution in [0.25, 0.3) is 43.6 Å². The first kappa shape index (κ1) is 37.1. The molecule has 0 atom stereocenters. The Kier molecular flexibility index (Phi) is 12.5. The van der Waals surface area contributed by atoms with Gasteiger partial charge in [-0.05, 0) is 128 Å². The van der Waals surface area contributed by atoms with Gasteiger partial charge in [-0.15, -0.1) is 0 Å². The van der Waals surface area contributed by atoms with Crippen LogP contribution in [0.3, 0.4) is 0 Å². The van der Waals surface area contributed by atoms with Crippen molar-refractivity contribution in [1.82, 2.24) is 19.9 Å². The number of pyridine rings is 4. The molecule has 46 heavy (non-hydrogen) atoms. The van der Waals surface area contributed by atoms with Gasteiger partial charge in [0.1, 0.15) is 0 Å². The van der Waals surface area contributed by atoms with E-state index < -0.39 is 0 Å². The fourth-order valence-electron chi connectivity index (χ4n) is 5.72. The third kappa shape index (κ3) is 7.13. The van der Waals surface area contributed by atoms with Gasteiger partial charge in [0.2, 0.25) is 0 Å². The summed E-state index contributed by atoms with van der Waals surface area (Å²) in [6.45, 7) is 27.0. The van der Waals surface area contributed by atoms with Crippen LogP contribution in [0.4, 0.5) is 0 Å². The normalized spacial score (nSPS) is 10.7. The first-order valence-electron chi connectivity index (χ1n) is 15.1. The molecule has 0 saturated carbocycles. The molecule has 0 unspecified atom stereocenters. The summed E-state index contributed by atoms with van der Waals surface area (Å²) in [5, 5.41) is 12.2. The molecule has 244 valence electrons. The molecule has 0 aliphatic carbocycles. The Labute approximate surface area is 288 Å². The summed E-state index contributed by atoms with van der Waals surface area (Å²) in [6, 6.07) is 10.5. The summed E-state index contributed by atoms with van der Waals surface area (Å²) in [5.74, 6) is 0. The molecular formula is C38H43Cl2N5Ni. The number of fused-ring (bicyclic) bond motifs is 6. The van der Waals surface area contributed by atoms with E-state index in [1.165, 1.54) is 73.0 Å². The fraction of sp³-hybridized carbons (Fsp3) is 0.342. The second-order valence-corrected chi connectivity index (χ2v) is 13.4. The van der Waals surface area contributed by atoms with Gasteiger partial charge in [-0.2, -0.15) is 5.26 Å². The minimum atomic E-state index is 0.569. The van der Waals surface area contributed by atoms with Crippen LogP contribution in [-0.4, -0.2) is 19.9 Å². The Bertz CT molecular complexity index is 1860. The Hall–Kier alpha value is -3.36. The molecule has 0 radical (unpaired) electrons. The first-order valence-corrected chi connectivity index (χ1v) is 17.8. The van der Waals surface area contributed by atoms with Crippen molar-refractivity contribution in [2.45, 2.75) is 90.0 Å². The molecule has 2 aromatic carbocycles. The van der Waals surface area contributed by atoms with Crippen LogP contribution in [0.15, 0.2) is 24.3 Å². The molecule has 0 aliphatic heterocycles. The number of hydrogen-bond donors (Lipinski definition) is 0. The molecule has 5 nitrogen and oxygen atoms in total. The van der Waals surface area contributed by atoms with Crippen LogP contribution in [-0.2, 0) is 12.7 Å². The van der Waals surface area contributed by atoms with Crippen molar-refractivity contribution in [3.8, 4) is 6.07 Å². The van der Waals surface area contributed by atoms with Crippen LogP contribution in [0.1, 0.15) is 74.2 Å². The number of halogens is 2. The second kappa shape index (κ2) is 15.5. The molecule has 0 spiro atoms. The van der Waals surface area contributed by atoms with E-state index in [0.717, 1.165) is 44.8 Å². The molecule has 0 bridgehead atoms. The molecule has 0 saturated heterocycles. The number of aryl methyl sites for hydroxylation is 8. The van der Waals surface area contributed by atoms with Crippen molar-refractivity contribution in [1.29, 1.82) is 5.26 Å². The van der Waals surface area contributed by atoms with E-state index in [9.17, 15) is 0 Å². The van der Waals surface area contributed by atoms with Crippen LogP contribution < -0.4 is 0 Å². The topological polar surface area (TPSA) is 75.3 Å². The fourth-order valence-corrected chi connectivity index (χ4v) is 5.72. The summed E-state index contributed by atoms with van der Waals surface area (Å²) < 4.78 is 0. The van der Waals surface area contributed by atoms with Crippen molar-refractivity contribution >= 4 is 64.0 Å². The number of rotatable bonds is 0. The molecule has 4 aromatic heterocycles. The van der Waals surface area contributed by atoms with Gasteiger partial charge in [0.15, 0.2) is 0 Å². The van der Waals surface area contributed by atoms with E-state index in [1.54, 1.807) is 6.07 Å². The molecule has 0 fully saturated rings. The van der Waals surface area contributed by atoms with E-state index >= 15 is 0 Å². The maximum atomic E-state index is 7.32. The average Bonchev–Trinajstić information content (AvgIpc) is 3.01. The summed E-state index contributed by atoms with van der Waals surface area (Å²) in [7, 11) is 9.40. The average molecular weight is 699 g/mol. The monoisotopic (exact) mass is 697 g/mol. The summed E-state index contributed by atoms with van der Waals surface area (Å²) in [6.07, 6.45) is 0. The molecule has 8 heteroatoms. The van der Waals surface area contributed by atoms with Gasteiger partial charge in [-0.25, -0.2) is 0 Å². The summed E-state index contributed by atoms with van der Waals surface area (Å²) >= 11 is 0.569. The maximum absolute atomic E-state index is 7.32. The quantitative estimate of drug-likeness (QED) is 0.117. The first-order chi connectivity index (χ1) is 21.7. The van der Waals surface area contributed by atoms with E-state index in [0.29, 0.717) is 12.7 Å². The zero-order chi connectivity index (χ0) is 34.6. The van der Waals surface area contributed by atoms with Gasteiger partial charge in [0.05, 0.1) is 28.1 Å². The van der Waals surface area contributed by atoms with Crippen LogP contribution in [0, 0.1) is 94.4 Å². The van der Waals surface area contributed by atoms with Gasteiger partial charge < -0.3 is 0 Å². The summed E-state index contributed by atoms with van der Waals surface area (Å²) in [5.41, 5.74) is 18.9. The SMILES string of the molecule is CC#N.Cc1nc2c(ccc3c(C)c(C)c(C)nc32)c(C)c1C.Cc1nc2c(ccc3c(C)c(C)c(C)nc32)c(C)c1C.[Cl][Ni][Cl]. The number of nitriles is 1. The van der Waals surface area contributed by atoms with Crippen LogP contribution >= 0.6 is 20.4 Å². The standard InChI is InChI=1S/2C18H20N2.C2H3N.2ClH.Ni/c2*1-9-11(3)15-7-8-16-12(4)10(2)14(6)20-18(16)17(15)19-13(9)5;1-2-3;;;/h2*7-8H,1-6H3;1H3;2*1H;/q;;;;;+2/p-2. The molecule has 6 rings (SSSR count). The minimum absolute atomic E-state index is 0.569. The van der Waals surface area contributed by atoms with Gasteiger partial charge in [-0.3, -0.25) is 19.9 Å². The van der Waals surface area contributed by atoms with E-state index in [-0.39, 0.29) is 0 Å². The van der Waals surface area contributed by atoms with Crippen molar-refractivity contribution in [3.63, 3.8) is 0 Å². The van der Waals surface area contributed by atoms with Crippen molar-refractivity contribution in [2.75, 3.05) is 0 Å². The van der Waals surface area contributed by atoms with Crippen LogP contribution in [0.2, 0.25) is 0 Å². The number of aromatic nitrogens is 4. The Morgan fingerprint density at radius 1 is 0.435 bits per heavy atom. The molecule has 0 aliphatic rings. The zero-order valence-electron chi connectivity index (χ0n) is 29.1. The summed E-state index contributed by atoms with van der Waals surface area (Å²) in [4.78, 5) is 19.3. The number of benzene rings is 2. The Morgan fingerprint density at radius 2 is 0.587 bits per heavy atom. The molecule has 0 N–H and O–H groups in total. The third-order valence-electron chi connectivity index (χ3n) is 9.46. The number of nitrogens with zero attached hydrogens (tertiary/aromatic N) is 5. The molecule has 0 amide bonds. The van der Waals surface area contributed by atoms with E-state index in [4.69, 9.17) is 45.6 Å². The van der Waals surface area contributed by atoms with Crippen molar-refractivity contribution in [3.05, 3.63) is 91.5 Å². The molecular weight excluding hydrogens is 656 g/mol. The van der Waals surface area contributed by atoms with Crippen molar-refractivity contribution in [2.24, 2.45) is 0 Å². The van der Waals surface area contributed by atoms with E-state index in [2.05, 4.69) is 107 Å². The molecule has 6 aromatic rings. The zero-order valence-corrected chi connectivity index (χ0v) is 31.6.